The molecule has 0 aliphatic carbocycles. The Morgan fingerprint density at radius 1 is 1.29 bits per heavy atom. The normalized spacial score (nSPS) is 11.1. The van der Waals surface area contributed by atoms with Crippen LogP contribution < -0.4 is 11.3 Å². The highest BCUT2D eigenvalue weighted by Gasteiger charge is 2.13. The highest BCUT2D eigenvalue weighted by Crippen LogP contribution is 2.16. The number of halogens is 1. The molecule has 108 valence electrons. The van der Waals surface area contributed by atoms with Crippen LogP contribution in [0.15, 0.2) is 39.9 Å². The van der Waals surface area contributed by atoms with Crippen molar-refractivity contribution in [1.29, 1.82) is 0 Å². The minimum atomic E-state index is -0.375. The molecule has 0 spiro atoms. The summed E-state index contributed by atoms with van der Waals surface area (Å²) in [6.45, 7) is 0.660. The van der Waals surface area contributed by atoms with Gasteiger partial charge < -0.3 is 10.5 Å². The SMILES string of the molecule is Nc1nc2c(nc(Br)n2COCc2ccccc2)c(=O)[nH]1. The lowest BCUT2D eigenvalue weighted by Crippen LogP contribution is -2.12. The number of nitrogens with two attached hydrogens (primary N) is 1. The van der Waals surface area contributed by atoms with Crippen molar-refractivity contribution in [3.05, 3.63) is 51.0 Å². The summed E-state index contributed by atoms with van der Waals surface area (Å²) in [5.41, 5.74) is 6.85. The van der Waals surface area contributed by atoms with Crippen LogP contribution in [0, 0.1) is 0 Å². The predicted molar refractivity (Wildman–Crippen MR) is 81.5 cm³/mol. The van der Waals surface area contributed by atoms with E-state index in [-0.39, 0.29) is 23.8 Å². The van der Waals surface area contributed by atoms with Crippen LogP contribution in [0.1, 0.15) is 5.56 Å². The van der Waals surface area contributed by atoms with Crippen LogP contribution in [0.3, 0.4) is 0 Å². The number of aromatic nitrogens is 4. The minimum absolute atomic E-state index is 0.0456. The van der Waals surface area contributed by atoms with Gasteiger partial charge in [0.15, 0.2) is 15.9 Å². The zero-order chi connectivity index (χ0) is 14.8. The molecule has 0 aliphatic rings. The first-order chi connectivity index (χ1) is 10.1. The van der Waals surface area contributed by atoms with E-state index in [0.29, 0.717) is 17.0 Å². The smallest absolute Gasteiger partial charge is 0.280 e. The van der Waals surface area contributed by atoms with Crippen molar-refractivity contribution < 1.29 is 4.74 Å². The fourth-order valence-corrected chi connectivity index (χ4v) is 2.39. The molecule has 3 N–H and O–H groups in total. The van der Waals surface area contributed by atoms with Gasteiger partial charge in [0.1, 0.15) is 6.73 Å². The third-order valence-electron chi connectivity index (χ3n) is 2.91. The maximum absolute atomic E-state index is 11.7. The van der Waals surface area contributed by atoms with Gasteiger partial charge in [0.05, 0.1) is 6.61 Å². The number of fused-ring (bicyclic) bond motifs is 1. The number of anilines is 1. The van der Waals surface area contributed by atoms with Crippen LogP contribution in [0.5, 0.6) is 0 Å². The van der Waals surface area contributed by atoms with E-state index in [1.807, 2.05) is 30.3 Å². The maximum atomic E-state index is 11.7. The van der Waals surface area contributed by atoms with E-state index in [2.05, 4.69) is 30.9 Å². The molecule has 1 aromatic carbocycles. The molecule has 0 bridgehead atoms. The van der Waals surface area contributed by atoms with Crippen molar-refractivity contribution in [3.8, 4) is 0 Å². The summed E-state index contributed by atoms with van der Waals surface area (Å²) in [6.07, 6.45) is 0. The van der Waals surface area contributed by atoms with E-state index in [0.717, 1.165) is 5.56 Å². The molecule has 0 saturated carbocycles. The van der Waals surface area contributed by atoms with Crippen LogP contribution in [0.25, 0.3) is 11.2 Å². The average Bonchev–Trinajstić information content (AvgIpc) is 2.77. The Kier molecular flexibility index (Phi) is 3.72. The Morgan fingerprint density at radius 2 is 2.05 bits per heavy atom. The van der Waals surface area contributed by atoms with E-state index in [1.54, 1.807) is 4.57 Å². The first-order valence-electron chi connectivity index (χ1n) is 6.18. The predicted octanol–water partition coefficient (Wildman–Crippen LogP) is 1.64. The monoisotopic (exact) mass is 349 g/mol. The number of ether oxygens (including phenoxy) is 1. The molecule has 0 saturated heterocycles. The van der Waals surface area contributed by atoms with Gasteiger partial charge in [0.25, 0.3) is 5.56 Å². The molecule has 8 heteroatoms. The van der Waals surface area contributed by atoms with E-state index >= 15 is 0 Å². The van der Waals surface area contributed by atoms with Gasteiger partial charge in [-0.15, -0.1) is 0 Å². The lowest BCUT2D eigenvalue weighted by atomic mass is 10.2. The van der Waals surface area contributed by atoms with Crippen LogP contribution in [0.2, 0.25) is 0 Å². The van der Waals surface area contributed by atoms with Crippen molar-refractivity contribution in [2.75, 3.05) is 5.73 Å². The molecular formula is C13H12BrN5O2. The Morgan fingerprint density at radius 3 is 2.81 bits per heavy atom. The summed E-state index contributed by atoms with van der Waals surface area (Å²) in [7, 11) is 0. The van der Waals surface area contributed by atoms with E-state index in [9.17, 15) is 4.79 Å². The maximum Gasteiger partial charge on any atom is 0.280 e. The van der Waals surface area contributed by atoms with E-state index in [1.165, 1.54) is 0 Å². The molecule has 0 aliphatic heterocycles. The lowest BCUT2D eigenvalue weighted by molar-refractivity contribution is 0.0647. The zero-order valence-corrected chi connectivity index (χ0v) is 12.5. The summed E-state index contributed by atoms with van der Waals surface area (Å²) in [5.74, 6) is 0.0456. The van der Waals surface area contributed by atoms with Crippen LogP contribution >= 0.6 is 15.9 Å². The molecule has 0 fully saturated rings. The highest BCUT2D eigenvalue weighted by molar-refractivity contribution is 9.10. The van der Waals surface area contributed by atoms with Gasteiger partial charge in [-0.05, 0) is 21.5 Å². The summed E-state index contributed by atoms with van der Waals surface area (Å²) < 4.78 is 7.74. The van der Waals surface area contributed by atoms with Crippen molar-refractivity contribution in [2.24, 2.45) is 0 Å². The summed E-state index contributed by atoms with van der Waals surface area (Å²) in [6, 6.07) is 9.79. The topological polar surface area (TPSA) is 98.8 Å². The van der Waals surface area contributed by atoms with Crippen molar-refractivity contribution >= 4 is 33.0 Å². The molecule has 3 aromatic rings. The first-order valence-corrected chi connectivity index (χ1v) is 6.97. The van der Waals surface area contributed by atoms with Gasteiger partial charge >= 0.3 is 0 Å². The Bertz CT molecular complexity index is 828. The highest BCUT2D eigenvalue weighted by atomic mass is 79.9. The second-order valence-electron chi connectivity index (χ2n) is 4.40. The number of aromatic amines is 1. The molecule has 0 atom stereocenters. The second kappa shape index (κ2) is 5.66. The van der Waals surface area contributed by atoms with Gasteiger partial charge in [-0.1, -0.05) is 30.3 Å². The van der Waals surface area contributed by atoms with Gasteiger partial charge in [-0.25, -0.2) is 4.98 Å². The lowest BCUT2D eigenvalue weighted by Gasteiger charge is -2.07. The van der Waals surface area contributed by atoms with Gasteiger partial charge in [0.2, 0.25) is 5.95 Å². The fourth-order valence-electron chi connectivity index (χ4n) is 1.94. The molecule has 2 aromatic heterocycles. The van der Waals surface area contributed by atoms with Crippen LogP contribution in [-0.4, -0.2) is 19.5 Å². The van der Waals surface area contributed by atoms with Gasteiger partial charge in [-0.2, -0.15) is 4.98 Å². The third kappa shape index (κ3) is 2.81. The second-order valence-corrected chi connectivity index (χ2v) is 5.10. The molecule has 3 rings (SSSR count). The Balaban J connectivity index is 1.84. The number of H-pyrrole nitrogens is 1. The minimum Gasteiger partial charge on any atom is -0.369 e. The van der Waals surface area contributed by atoms with E-state index < -0.39 is 0 Å². The molecule has 0 amide bonds. The standard InChI is InChI=1S/C13H12BrN5O2/c14-12-16-9-10(17-13(15)18-11(9)20)19(12)7-21-6-8-4-2-1-3-5-8/h1-5H,6-7H2,(H3,15,17,18,20). The number of imidazole rings is 1. The summed E-state index contributed by atoms with van der Waals surface area (Å²) in [4.78, 5) is 22.4. The largest absolute Gasteiger partial charge is 0.369 e. The third-order valence-corrected chi connectivity index (χ3v) is 3.51. The fraction of sp³-hybridized carbons (Fsp3) is 0.154. The Labute approximate surface area is 127 Å². The molecule has 2 heterocycles. The summed E-state index contributed by atoms with van der Waals surface area (Å²) in [5, 5.41) is 0. The number of nitrogens with one attached hydrogen (secondary N) is 1. The number of benzene rings is 1. The summed E-state index contributed by atoms with van der Waals surface area (Å²) >= 11 is 3.29. The van der Waals surface area contributed by atoms with Gasteiger partial charge in [-0.3, -0.25) is 14.3 Å². The average molecular weight is 350 g/mol. The number of nitrogen functional groups attached to an aromatic ring is 1. The number of nitrogens with zero attached hydrogens (tertiary/aromatic N) is 3. The van der Waals surface area contributed by atoms with Crippen LogP contribution in [-0.2, 0) is 18.1 Å². The molecule has 21 heavy (non-hydrogen) atoms. The van der Waals surface area contributed by atoms with E-state index in [4.69, 9.17) is 10.5 Å². The van der Waals surface area contributed by atoms with Crippen LogP contribution in [0.4, 0.5) is 5.95 Å². The first kappa shape index (κ1) is 13.8. The van der Waals surface area contributed by atoms with Crippen molar-refractivity contribution in [2.45, 2.75) is 13.3 Å². The number of hydrogen-bond acceptors (Lipinski definition) is 5. The zero-order valence-electron chi connectivity index (χ0n) is 10.9. The number of hydrogen-bond donors (Lipinski definition) is 2. The molecular weight excluding hydrogens is 338 g/mol. The molecule has 7 nitrogen and oxygen atoms in total. The number of rotatable bonds is 4. The van der Waals surface area contributed by atoms with Crippen molar-refractivity contribution in [3.63, 3.8) is 0 Å². The molecule has 0 radical (unpaired) electrons. The van der Waals surface area contributed by atoms with Crippen molar-refractivity contribution in [1.82, 2.24) is 19.5 Å². The quantitative estimate of drug-likeness (QED) is 0.697. The van der Waals surface area contributed by atoms with Gasteiger partial charge in [0, 0.05) is 0 Å². The Hall–Kier alpha value is -2.19. The molecule has 0 unspecified atom stereocenters.